The third-order valence-electron chi connectivity index (χ3n) is 8.18. The Morgan fingerprint density at radius 1 is 0.862 bits per heavy atom. The van der Waals surface area contributed by atoms with Gasteiger partial charge >= 0.3 is 0 Å². The van der Waals surface area contributed by atoms with Gasteiger partial charge < -0.3 is 0 Å². The van der Waals surface area contributed by atoms with Crippen LogP contribution in [-0.2, 0) is 10.0 Å². The van der Waals surface area contributed by atoms with E-state index in [4.69, 9.17) is 0 Å². The molecule has 2 heterocycles. The molecule has 1 unspecified atom stereocenters. The Kier molecular flexibility index (Phi) is 9.06. The van der Waals surface area contributed by atoms with Crippen LogP contribution in [0.25, 0.3) is 0 Å². The van der Waals surface area contributed by atoms with Gasteiger partial charge in [0.15, 0.2) is 0 Å². The quantitative estimate of drug-likeness (QED) is 0.376. The largest absolute Gasteiger partial charge is 0.295 e. The molecule has 0 spiro atoms. The fourth-order valence-electron chi connectivity index (χ4n) is 5.51. The van der Waals surface area contributed by atoms with Crippen LogP contribution in [0.4, 0.5) is 0 Å². The van der Waals surface area contributed by atoms with Crippen molar-refractivity contribution in [3.63, 3.8) is 0 Å². The van der Waals surface area contributed by atoms with Crippen molar-refractivity contribution in [2.24, 2.45) is 11.3 Å². The third-order valence-corrected chi connectivity index (χ3v) is 10.4. The smallest absolute Gasteiger partial charge is 0.219 e. The summed E-state index contributed by atoms with van der Waals surface area (Å²) in [5.41, 5.74) is 0.496. The zero-order valence-electron chi connectivity index (χ0n) is 20.2. The van der Waals surface area contributed by atoms with Crippen LogP contribution in [0.5, 0.6) is 0 Å². The van der Waals surface area contributed by atoms with E-state index in [1.807, 2.05) is 4.31 Å². The first-order valence-corrected chi connectivity index (χ1v) is 13.8. The second-order valence-electron chi connectivity index (χ2n) is 10.6. The molecule has 2 saturated heterocycles. The Labute approximate surface area is 181 Å². The molecule has 0 amide bonds. The molecule has 0 aromatic heterocycles. The number of hydrogen-bond acceptors (Lipinski definition) is 3. The van der Waals surface area contributed by atoms with Crippen molar-refractivity contribution >= 4 is 10.0 Å². The summed E-state index contributed by atoms with van der Waals surface area (Å²) >= 11 is 0. The molecule has 2 rings (SSSR count). The number of piperidine rings is 1. The van der Waals surface area contributed by atoms with E-state index >= 15 is 0 Å². The van der Waals surface area contributed by atoms with Crippen molar-refractivity contribution < 1.29 is 8.42 Å². The molecule has 29 heavy (non-hydrogen) atoms. The van der Waals surface area contributed by atoms with Crippen molar-refractivity contribution in [3.05, 3.63) is 0 Å². The van der Waals surface area contributed by atoms with E-state index < -0.39 is 10.0 Å². The van der Waals surface area contributed by atoms with Gasteiger partial charge in [-0.3, -0.25) is 4.90 Å². The minimum Gasteiger partial charge on any atom is -0.295 e. The van der Waals surface area contributed by atoms with Gasteiger partial charge in [-0.05, 0) is 50.4 Å². The molecule has 2 aliphatic rings. The van der Waals surface area contributed by atoms with Gasteiger partial charge in [-0.1, -0.05) is 66.7 Å². The molecule has 0 aliphatic carbocycles. The van der Waals surface area contributed by atoms with Gasteiger partial charge in [-0.25, -0.2) is 12.7 Å². The first-order chi connectivity index (χ1) is 13.6. The maximum absolute atomic E-state index is 13.2. The Morgan fingerprint density at radius 2 is 1.48 bits per heavy atom. The van der Waals surface area contributed by atoms with Gasteiger partial charge in [0.05, 0.1) is 0 Å². The maximum atomic E-state index is 13.2. The summed E-state index contributed by atoms with van der Waals surface area (Å²) < 4.78 is 28.2. The molecular weight excluding hydrogens is 380 g/mol. The number of rotatable bonds is 12. The van der Waals surface area contributed by atoms with E-state index in [0.717, 1.165) is 45.4 Å². The molecule has 0 aromatic rings. The lowest BCUT2D eigenvalue weighted by molar-refractivity contribution is 0.0312. The third kappa shape index (κ3) is 5.98. The van der Waals surface area contributed by atoms with Crippen LogP contribution in [0.15, 0.2) is 0 Å². The van der Waals surface area contributed by atoms with Crippen molar-refractivity contribution in [2.45, 2.75) is 117 Å². The van der Waals surface area contributed by atoms with Crippen LogP contribution >= 0.6 is 0 Å². The highest BCUT2D eigenvalue weighted by Gasteiger charge is 2.47. The highest BCUT2D eigenvalue weighted by atomic mass is 32.2. The van der Waals surface area contributed by atoms with Crippen LogP contribution in [0, 0.1) is 11.3 Å². The number of hydrogen-bond donors (Lipinski definition) is 0. The lowest BCUT2D eigenvalue weighted by Gasteiger charge is -2.51. The summed E-state index contributed by atoms with van der Waals surface area (Å²) in [6.45, 7) is 16.7. The Balaban J connectivity index is 1.86. The molecular formula is C24H48N2O2S. The zero-order valence-corrected chi connectivity index (χ0v) is 21.0. The minimum atomic E-state index is -3.15. The number of nitrogens with zero attached hydrogens (tertiary/aromatic N) is 2. The van der Waals surface area contributed by atoms with Gasteiger partial charge in [0.25, 0.3) is 0 Å². The molecule has 2 aliphatic heterocycles. The minimum absolute atomic E-state index is 0.164. The molecule has 172 valence electrons. The second kappa shape index (κ2) is 10.5. The predicted octanol–water partition coefficient (Wildman–Crippen LogP) is 5.68. The Hall–Kier alpha value is -0.130. The molecule has 2 fully saturated rings. The van der Waals surface area contributed by atoms with Gasteiger partial charge in [0.1, 0.15) is 5.25 Å². The SMILES string of the molecule is CCCCCCC(C)(CC)N1CC(S(=O)(=O)N2CCC(C(C)(C)CCC)CC2)C1. The van der Waals surface area contributed by atoms with E-state index in [9.17, 15) is 8.42 Å². The molecule has 1 atom stereocenters. The molecule has 0 bridgehead atoms. The van der Waals surface area contributed by atoms with E-state index in [1.165, 1.54) is 44.9 Å². The lowest BCUT2D eigenvalue weighted by atomic mass is 9.71. The topological polar surface area (TPSA) is 40.6 Å². The zero-order chi connectivity index (χ0) is 21.7. The summed E-state index contributed by atoms with van der Waals surface area (Å²) in [7, 11) is -3.15. The number of unbranched alkanes of at least 4 members (excludes halogenated alkanes) is 3. The fourth-order valence-corrected chi connectivity index (χ4v) is 7.39. The van der Waals surface area contributed by atoms with Crippen molar-refractivity contribution in [1.82, 2.24) is 9.21 Å². The van der Waals surface area contributed by atoms with Crippen molar-refractivity contribution in [2.75, 3.05) is 26.2 Å². The standard InChI is InChI=1S/C24H48N2O2S/c1-7-10-11-12-16-24(6,9-3)25-19-22(20-25)29(27,28)26-17-13-21(14-18-26)23(4,5)15-8-2/h21-22H,7-20H2,1-6H3. The average Bonchev–Trinajstić information content (AvgIpc) is 2.64. The lowest BCUT2D eigenvalue weighted by Crippen LogP contribution is -2.65. The molecule has 0 saturated carbocycles. The average molecular weight is 429 g/mol. The summed E-state index contributed by atoms with van der Waals surface area (Å²) in [5.74, 6) is 0.651. The first-order valence-electron chi connectivity index (χ1n) is 12.3. The van der Waals surface area contributed by atoms with Crippen LogP contribution < -0.4 is 0 Å². The summed E-state index contributed by atoms with van der Waals surface area (Å²) in [4.78, 5) is 2.44. The number of sulfonamides is 1. The monoisotopic (exact) mass is 428 g/mol. The maximum Gasteiger partial charge on any atom is 0.219 e. The van der Waals surface area contributed by atoms with E-state index in [-0.39, 0.29) is 10.8 Å². The van der Waals surface area contributed by atoms with E-state index in [2.05, 4.69) is 46.4 Å². The van der Waals surface area contributed by atoms with Crippen LogP contribution in [0.1, 0.15) is 106 Å². The van der Waals surface area contributed by atoms with Crippen LogP contribution in [0.3, 0.4) is 0 Å². The fraction of sp³-hybridized carbons (Fsp3) is 1.00. The van der Waals surface area contributed by atoms with E-state index in [0.29, 0.717) is 11.3 Å². The van der Waals surface area contributed by atoms with E-state index in [1.54, 1.807) is 0 Å². The molecule has 0 aromatic carbocycles. The summed E-state index contributed by atoms with van der Waals surface area (Å²) in [6.07, 6.45) is 11.9. The van der Waals surface area contributed by atoms with Crippen molar-refractivity contribution in [1.29, 1.82) is 0 Å². The second-order valence-corrected chi connectivity index (χ2v) is 12.9. The normalized spacial score (nSPS) is 23.1. The van der Waals surface area contributed by atoms with Crippen LogP contribution in [-0.4, -0.2) is 54.6 Å². The highest BCUT2D eigenvalue weighted by Crippen LogP contribution is 2.40. The number of likely N-dealkylation sites (tertiary alicyclic amines) is 1. The Bertz CT molecular complexity index is 590. The highest BCUT2D eigenvalue weighted by molar-refractivity contribution is 7.89. The van der Waals surface area contributed by atoms with Gasteiger partial charge in [-0.15, -0.1) is 0 Å². The van der Waals surface area contributed by atoms with Crippen molar-refractivity contribution in [3.8, 4) is 0 Å². The summed E-state index contributed by atoms with van der Waals surface area (Å²) in [6, 6.07) is 0. The molecule has 4 nitrogen and oxygen atoms in total. The first kappa shape index (κ1) is 25.1. The molecule has 0 radical (unpaired) electrons. The summed E-state index contributed by atoms with van der Waals surface area (Å²) in [5, 5.41) is -0.191. The Morgan fingerprint density at radius 3 is 2.00 bits per heavy atom. The van der Waals surface area contributed by atoms with Crippen LogP contribution in [0.2, 0.25) is 0 Å². The van der Waals surface area contributed by atoms with Gasteiger partial charge in [0.2, 0.25) is 10.0 Å². The molecule has 0 N–H and O–H groups in total. The van der Waals surface area contributed by atoms with Gasteiger partial charge in [0, 0.05) is 31.7 Å². The predicted molar refractivity (Wildman–Crippen MR) is 125 cm³/mol. The van der Waals surface area contributed by atoms with Gasteiger partial charge in [-0.2, -0.15) is 0 Å². The molecule has 5 heteroatoms.